The highest BCUT2D eigenvalue weighted by Crippen LogP contribution is 2.13. The summed E-state index contributed by atoms with van der Waals surface area (Å²) in [6.45, 7) is 9.78. The number of carbonyl (C=O) groups excluding carboxylic acids is 1. The maximum atomic E-state index is 12.4. The van der Waals surface area contributed by atoms with Gasteiger partial charge in [-0.3, -0.25) is 4.79 Å². The van der Waals surface area contributed by atoms with E-state index in [1.165, 1.54) is 12.1 Å². The van der Waals surface area contributed by atoms with E-state index in [-0.39, 0.29) is 11.1 Å². The van der Waals surface area contributed by atoms with E-state index in [1.54, 1.807) is 18.3 Å². The molecule has 6 nitrogen and oxygen atoms in total. The van der Waals surface area contributed by atoms with Crippen molar-refractivity contribution < 1.29 is 14.7 Å². The molecule has 0 fully saturated rings. The van der Waals surface area contributed by atoms with Crippen LogP contribution >= 0.6 is 0 Å². The maximum Gasteiger partial charge on any atom is 0.335 e. The minimum absolute atomic E-state index is 0.0120. The molecule has 25 heavy (non-hydrogen) atoms. The summed E-state index contributed by atoms with van der Waals surface area (Å²) >= 11 is 0. The summed E-state index contributed by atoms with van der Waals surface area (Å²) in [4.78, 5) is 25.3. The highest BCUT2D eigenvalue weighted by atomic mass is 16.4. The number of carboxylic acid groups (broad SMARTS) is 1. The first-order valence-corrected chi connectivity index (χ1v) is 8.23. The van der Waals surface area contributed by atoms with Gasteiger partial charge in [0, 0.05) is 25.0 Å². The van der Waals surface area contributed by atoms with Crippen LogP contribution in [-0.2, 0) is 4.79 Å². The normalized spacial score (nSPS) is 11.3. The fraction of sp³-hybridized carbons (Fsp3) is 0.421. The van der Waals surface area contributed by atoms with Crippen molar-refractivity contribution in [3.8, 4) is 6.07 Å². The highest BCUT2D eigenvalue weighted by molar-refractivity contribution is 6.06. The Labute approximate surface area is 148 Å². The van der Waals surface area contributed by atoms with E-state index >= 15 is 0 Å². The summed E-state index contributed by atoms with van der Waals surface area (Å²) < 4.78 is 0. The van der Waals surface area contributed by atoms with Crippen molar-refractivity contribution in [2.45, 2.75) is 27.7 Å². The van der Waals surface area contributed by atoms with E-state index in [9.17, 15) is 14.9 Å². The van der Waals surface area contributed by atoms with Crippen LogP contribution in [0.5, 0.6) is 0 Å². The standard InChI is InChI=1S/C19H25N3O3/c1-13(2)10-22(11-14(3)4)12-16(9-20)18(23)21-17-7-5-6-15(8-17)19(24)25/h5-8,12-14H,10-11H2,1-4H3,(H,21,23)(H,24,25)/b16-12-. The lowest BCUT2D eigenvalue weighted by Crippen LogP contribution is -2.28. The van der Waals surface area contributed by atoms with Gasteiger partial charge in [-0.25, -0.2) is 4.79 Å². The molecule has 0 atom stereocenters. The SMILES string of the molecule is CC(C)CN(/C=C(/C#N)C(=O)Nc1cccc(C(=O)O)c1)CC(C)C. The summed E-state index contributed by atoms with van der Waals surface area (Å²) in [6.07, 6.45) is 1.58. The third-order valence-corrected chi connectivity index (χ3v) is 3.24. The van der Waals surface area contributed by atoms with Crippen LogP contribution in [0.15, 0.2) is 36.0 Å². The number of nitriles is 1. The Morgan fingerprint density at radius 1 is 1.24 bits per heavy atom. The number of rotatable bonds is 8. The zero-order chi connectivity index (χ0) is 19.0. The number of anilines is 1. The van der Waals surface area contributed by atoms with E-state index in [2.05, 4.69) is 33.0 Å². The molecule has 2 N–H and O–H groups in total. The van der Waals surface area contributed by atoms with Gasteiger partial charge in [-0.15, -0.1) is 0 Å². The Morgan fingerprint density at radius 2 is 1.84 bits per heavy atom. The summed E-state index contributed by atoms with van der Waals surface area (Å²) in [6, 6.07) is 7.84. The molecular weight excluding hydrogens is 318 g/mol. The Morgan fingerprint density at radius 3 is 2.32 bits per heavy atom. The number of nitrogens with zero attached hydrogens (tertiary/aromatic N) is 2. The minimum Gasteiger partial charge on any atom is -0.478 e. The van der Waals surface area contributed by atoms with Gasteiger partial charge in [0.05, 0.1) is 5.56 Å². The second-order valence-electron chi connectivity index (χ2n) is 6.74. The summed E-state index contributed by atoms with van der Waals surface area (Å²) in [7, 11) is 0. The van der Waals surface area contributed by atoms with Crippen LogP contribution in [0.2, 0.25) is 0 Å². The van der Waals surface area contributed by atoms with E-state index in [0.29, 0.717) is 17.5 Å². The van der Waals surface area contributed by atoms with Crippen molar-refractivity contribution in [2.24, 2.45) is 11.8 Å². The van der Waals surface area contributed by atoms with Crippen LogP contribution in [0.25, 0.3) is 0 Å². The smallest absolute Gasteiger partial charge is 0.335 e. The molecule has 0 aliphatic rings. The molecule has 1 aromatic rings. The molecule has 0 aliphatic heterocycles. The second kappa shape index (κ2) is 9.48. The van der Waals surface area contributed by atoms with Crippen LogP contribution in [-0.4, -0.2) is 35.0 Å². The van der Waals surface area contributed by atoms with Crippen LogP contribution < -0.4 is 5.32 Å². The molecule has 0 aliphatic carbocycles. The fourth-order valence-corrected chi connectivity index (χ4v) is 2.37. The molecule has 0 heterocycles. The van der Waals surface area contributed by atoms with Gasteiger partial charge in [0.15, 0.2) is 0 Å². The summed E-state index contributed by atoms with van der Waals surface area (Å²) in [5.74, 6) is -0.842. The van der Waals surface area contributed by atoms with Gasteiger partial charge in [0.1, 0.15) is 11.6 Å². The predicted octanol–water partition coefficient (Wildman–Crippen LogP) is 3.34. The van der Waals surface area contributed by atoms with Crippen LogP contribution in [0.1, 0.15) is 38.1 Å². The number of carbonyl (C=O) groups is 2. The number of carboxylic acids is 1. The summed E-state index contributed by atoms with van der Waals surface area (Å²) in [5.41, 5.74) is 0.397. The molecule has 6 heteroatoms. The van der Waals surface area contributed by atoms with Gasteiger partial charge in [-0.2, -0.15) is 5.26 Å². The van der Waals surface area contributed by atoms with Crippen molar-refractivity contribution in [1.29, 1.82) is 5.26 Å². The summed E-state index contributed by atoms with van der Waals surface area (Å²) in [5, 5.41) is 20.9. The fourth-order valence-electron chi connectivity index (χ4n) is 2.37. The molecule has 0 saturated carbocycles. The first-order valence-electron chi connectivity index (χ1n) is 8.23. The number of aromatic carboxylic acids is 1. The van der Waals surface area contributed by atoms with Crippen LogP contribution in [0.4, 0.5) is 5.69 Å². The largest absolute Gasteiger partial charge is 0.478 e. The first-order chi connectivity index (χ1) is 11.7. The average Bonchev–Trinajstić information content (AvgIpc) is 2.51. The monoisotopic (exact) mass is 343 g/mol. The van der Waals surface area contributed by atoms with Gasteiger partial charge in [-0.1, -0.05) is 33.8 Å². The lowest BCUT2D eigenvalue weighted by Gasteiger charge is -2.25. The second-order valence-corrected chi connectivity index (χ2v) is 6.74. The van der Waals surface area contributed by atoms with Gasteiger partial charge in [0.25, 0.3) is 5.91 Å². The molecule has 0 aromatic heterocycles. The van der Waals surface area contributed by atoms with Crippen molar-refractivity contribution in [3.63, 3.8) is 0 Å². The number of nitrogens with one attached hydrogen (secondary N) is 1. The third kappa shape index (κ3) is 7.08. The van der Waals surface area contributed by atoms with Crippen molar-refractivity contribution >= 4 is 17.6 Å². The van der Waals surface area contributed by atoms with Crippen molar-refractivity contribution in [3.05, 3.63) is 41.6 Å². The van der Waals surface area contributed by atoms with Crippen LogP contribution in [0, 0.1) is 23.2 Å². The number of amides is 1. The van der Waals surface area contributed by atoms with Crippen molar-refractivity contribution in [1.82, 2.24) is 4.90 Å². The van der Waals surface area contributed by atoms with E-state index in [0.717, 1.165) is 13.1 Å². The molecule has 0 radical (unpaired) electrons. The van der Waals surface area contributed by atoms with Gasteiger partial charge in [0.2, 0.25) is 0 Å². The van der Waals surface area contributed by atoms with Crippen LogP contribution in [0.3, 0.4) is 0 Å². The third-order valence-electron chi connectivity index (χ3n) is 3.24. The van der Waals surface area contributed by atoms with E-state index < -0.39 is 11.9 Å². The lowest BCUT2D eigenvalue weighted by molar-refractivity contribution is -0.112. The molecule has 1 amide bonds. The molecule has 0 saturated heterocycles. The molecule has 0 bridgehead atoms. The molecular formula is C19H25N3O3. The average molecular weight is 343 g/mol. The minimum atomic E-state index is -1.08. The first kappa shape index (κ1) is 20.2. The van der Waals surface area contributed by atoms with Gasteiger partial charge in [-0.05, 0) is 30.0 Å². The molecule has 134 valence electrons. The van der Waals surface area contributed by atoms with Gasteiger partial charge >= 0.3 is 5.97 Å². The van der Waals surface area contributed by atoms with E-state index in [1.807, 2.05) is 11.0 Å². The number of hydrogen-bond acceptors (Lipinski definition) is 4. The lowest BCUT2D eigenvalue weighted by atomic mass is 10.1. The van der Waals surface area contributed by atoms with Crippen molar-refractivity contribution in [2.75, 3.05) is 18.4 Å². The predicted molar refractivity (Wildman–Crippen MR) is 97.0 cm³/mol. The molecule has 1 aromatic carbocycles. The Kier molecular flexibility index (Phi) is 7.67. The zero-order valence-corrected chi connectivity index (χ0v) is 15.1. The number of hydrogen-bond donors (Lipinski definition) is 2. The zero-order valence-electron chi connectivity index (χ0n) is 15.1. The number of benzene rings is 1. The Balaban J connectivity index is 2.96. The molecule has 1 rings (SSSR count). The quantitative estimate of drug-likeness (QED) is 0.558. The Bertz CT molecular complexity index is 677. The molecule has 0 spiro atoms. The Hall–Kier alpha value is -2.81. The van der Waals surface area contributed by atoms with E-state index in [4.69, 9.17) is 5.11 Å². The highest BCUT2D eigenvalue weighted by Gasteiger charge is 2.14. The molecule has 0 unspecified atom stereocenters. The van der Waals surface area contributed by atoms with Gasteiger partial charge < -0.3 is 15.3 Å². The topological polar surface area (TPSA) is 93.4 Å². The maximum absolute atomic E-state index is 12.4.